The lowest BCUT2D eigenvalue weighted by molar-refractivity contribution is -0.299. The van der Waals surface area contributed by atoms with Crippen molar-refractivity contribution in [1.82, 2.24) is 0 Å². The van der Waals surface area contributed by atoms with E-state index in [1.807, 2.05) is 0 Å². The first kappa shape index (κ1) is 27.0. The highest BCUT2D eigenvalue weighted by Crippen LogP contribution is 2.79. The number of hydrogen-bond donors (Lipinski definition) is 0. The van der Waals surface area contributed by atoms with Gasteiger partial charge in [-0.15, -0.1) is 0 Å². The van der Waals surface area contributed by atoms with Gasteiger partial charge in [0.15, 0.2) is 24.5 Å². The Morgan fingerprint density at radius 3 is 2.43 bits per heavy atom. The second kappa shape index (κ2) is 8.59. The maximum absolute atomic E-state index is 13.6. The average molecular weight is 611 g/mol. The van der Waals surface area contributed by atoms with Crippen molar-refractivity contribution < 1.29 is 52.3 Å². The summed E-state index contributed by atoms with van der Waals surface area (Å²) in [4.78, 5) is 51.5. The normalized spacial score (nSPS) is 56.2. The average Bonchev–Trinajstić information content (AvgIpc) is 3.68. The summed E-state index contributed by atoms with van der Waals surface area (Å²) >= 11 is 0. The molecule has 0 amide bonds. The minimum absolute atomic E-state index is 0.0694. The lowest BCUT2D eigenvalue weighted by Gasteiger charge is -2.57. The summed E-state index contributed by atoms with van der Waals surface area (Å²) < 4.78 is 44.6. The van der Waals surface area contributed by atoms with Gasteiger partial charge in [0.2, 0.25) is 0 Å². The molecule has 0 radical (unpaired) electrons. The molecule has 8 saturated carbocycles. The number of hydrogen-bond acceptors (Lipinski definition) is 11. The van der Waals surface area contributed by atoms with E-state index in [-0.39, 0.29) is 64.7 Å². The van der Waals surface area contributed by atoms with Gasteiger partial charge in [-0.05, 0) is 75.5 Å². The third-order valence-corrected chi connectivity index (χ3v) is 13.6. The fraction of sp³-hybridized carbons (Fsp3) is 0.818. The number of rotatable bonds is 5. The molecular weight excluding hydrogens is 572 g/mol. The van der Waals surface area contributed by atoms with E-state index < -0.39 is 60.8 Å². The van der Waals surface area contributed by atoms with E-state index in [2.05, 4.69) is 6.58 Å². The summed E-state index contributed by atoms with van der Waals surface area (Å²) in [5.74, 6) is -2.30. The fourth-order valence-corrected chi connectivity index (χ4v) is 12.0. The predicted octanol–water partition coefficient (Wildman–Crippen LogP) is 2.24. The van der Waals surface area contributed by atoms with Crippen molar-refractivity contribution in [2.75, 3.05) is 13.2 Å². The number of ether oxygens (including phenoxy) is 7. The smallest absolute Gasteiger partial charge is 0.344 e. The van der Waals surface area contributed by atoms with Gasteiger partial charge in [-0.25, -0.2) is 9.59 Å². The molecule has 11 unspecified atom stereocenters. The second-order valence-electron chi connectivity index (χ2n) is 15.6. The van der Waals surface area contributed by atoms with Gasteiger partial charge in [0, 0.05) is 29.2 Å². The molecule has 236 valence electrons. The van der Waals surface area contributed by atoms with Crippen LogP contribution in [-0.4, -0.2) is 79.0 Å². The van der Waals surface area contributed by atoms with Gasteiger partial charge < -0.3 is 33.2 Å². The first-order chi connectivity index (χ1) is 21.1. The zero-order chi connectivity index (χ0) is 29.9. The van der Waals surface area contributed by atoms with E-state index in [1.54, 1.807) is 0 Å². The SMILES string of the molecule is C=C(C)C(=O)OCC(=O)OC[C@H]1O[C@@H]2OC3(O[C@@H]2[C@H]2OC4(O[C@H]21)C1CC2CC(C1)C(=O)C4C2)C1CC24CC(CC2CC43)C1=O. The zero-order valence-electron chi connectivity index (χ0n) is 24.8. The monoisotopic (exact) mass is 610 g/mol. The van der Waals surface area contributed by atoms with Gasteiger partial charge in [-0.3, -0.25) is 9.59 Å². The highest BCUT2D eigenvalue weighted by molar-refractivity contribution is 5.89. The molecule has 16 atom stereocenters. The highest BCUT2D eigenvalue weighted by Gasteiger charge is 2.83. The van der Waals surface area contributed by atoms with Crippen LogP contribution in [0.4, 0.5) is 0 Å². The molecule has 11 heteroatoms. The van der Waals surface area contributed by atoms with Crippen molar-refractivity contribution in [2.24, 2.45) is 52.8 Å². The molecule has 0 N–H and O–H groups in total. The summed E-state index contributed by atoms with van der Waals surface area (Å²) in [5.41, 5.74) is 0.288. The summed E-state index contributed by atoms with van der Waals surface area (Å²) in [7, 11) is 0. The maximum atomic E-state index is 13.6. The van der Waals surface area contributed by atoms with Crippen LogP contribution in [0.1, 0.15) is 58.3 Å². The van der Waals surface area contributed by atoms with Crippen molar-refractivity contribution in [3.8, 4) is 0 Å². The van der Waals surface area contributed by atoms with Crippen LogP contribution in [0, 0.1) is 52.8 Å². The van der Waals surface area contributed by atoms with Crippen molar-refractivity contribution in [3.63, 3.8) is 0 Å². The lowest BCUT2D eigenvalue weighted by atomic mass is 9.52. The summed E-state index contributed by atoms with van der Waals surface area (Å²) in [6, 6.07) is 0. The van der Waals surface area contributed by atoms with E-state index in [1.165, 1.54) is 6.92 Å². The molecule has 44 heavy (non-hydrogen) atoms. The molecule has 3 heterocycles. The third-order valence-electron chi connectivity index (χ3n) is 13.6. The Morgan fingerprint density at radius 2 is 1.59 bits per heavy atom. The molecule has 3 aliphatic heterocycles. The Morgan fingerprint density at radius 1 is 0.818 bits per heavy atom. The number of fused-ring (bicyclic) bond motifs is 7. The summed E-state index contributed by atoms with van der Waals surface area (Å²) in [6.07, 6.45) is 3.57. The molecule has 11 rings (SSSR count). The third kappa shape index (κ3) is 3.16. The standard InChI is InChI=1S/C33H38O11/c1-13(2)29(37)39-12-23(34)38-11-21-26-27(42-32(41-26)18-4-14-3-15(6-18)24(35)19(32)5-14)28-30(40-21)44-33(43-28)20-10-31-9-16(25(20)36)7-17(31)8-22(31)33/h14-22,26-28,30H,1,3-12H2,2H3/t14?,15?,16?,17?,18?,19?,20?,21-,22?,26+,27+,28-,30-,31?,32?,33?/m1/s1. The topological polar surface area (TPSA) is 133 Å². The molecule has 8 aliphatic carbocycles. The van der Waals surface area contributed by atoms with Gasteiger partial charge in [0.1, 0.15) is 42.6 Å². The van der Waals surface area contributed by atoms with E-state index in [0.29, 0.717) is 11.8 Å². The first-order valence-corrected chi connectivity index (χ1v) is 16.5. The van der Waals surface area contributed by atoms with Gasteiger partial charge in [-0.1, -0.05) is 6.58 Å². The van der Waals surface area contributed by atoms with Crippen molar-refractivity contribution in [3.05, 3.63) is 12.2 Å². The molecule has 3 spiro atoms. The Bertz CT molecular complexity index is 1410. The first-order valence-electron chi connectivity index (χ1n) is 16.5. The summed E-state index contributed by atoms with van der Waals surface area (Å²) in [5, 5.41) is 0. The van der Waals surface area contributed by atoms with E-state index >= 15 is 0 Å². The van der Waals surface area contributed by atoms with Gasteiger partial charge >= 0.3 is 11.9 Å². The molecule has 11 nitrogen and oxygen atoms in total. The van der Waals surface area contributed by atoms with Gasteiger partial charge in [0.05, 0.1) is 11.8 Å². The number of carbonyl (C=O) groups is 4. The van der Waals surface area contributed by atoms with Crippen LogP contribution < -0.4 is 0 Å². The van der Waals surface area contributed by atoms with Crippen LogP contribution in [-0.2, 0) is 52.3 Å². The maximum Gasteiger partial charge on any atom is 0.344 e. The van der Waals surface area contributed by atoms with Crippen LogP contribution >= 0.6 is 0 Å². The van der Waals surface area contributed by atoms with Gasteiger partial charge in [0.25, 0.3) is 0 Å². The number of ketones is 2. The number of Topliss-reactive ketones (excluding diaryl/α,β-unsaturated/α-hetero) is 2. The molecule has 11 aliphatic rings. The van der Waals surface area contributed by atoms with Crippen LogP contribution in [0.25, 0.3) is 0 Å². The Balaban J connectivity index is 0.955. The molecule has 3 saturated heterocycles. The molecule has 0 aromatic heterocycles. The molecular formula is C33H38O11. The van der Waals surface area contributed by atoms with Crippen LogP contribution in [0.3, 0.4) is 0 Å². The predicted molar refractivity (Wildman–Crippen MR) is 144 cm³/mol. The zero-order valence-corrected chi connectivity index (χ0v) is 24.8. The Labute approximate surface area is 254 Å². The molecule has 0 aromatic rings. The Hall–Kier alpha value is -2.18. The minimum Gasteiger partial charge on any atom is -0.460 e. The lowest BCUT2D eigenvalue weighted by Crippen LogP contribution is -2.63. The molecule has 11 fully saturated rings. The van der Waals surface area contributed by atoms with E-state index in [9.17, 15) is 19.2 Å². The molecule has 0 aromatic carbocycles. The van der Waals surface area contributed by atoms with E-state index in [0.717, 1.165) is 51.4 Å². The highest BCUT2D eigenvalue weighted by atomic mass is 16.9. The van der Waals surface area contributed by atoms with Crippen molar-refractivity contribution in [1.29, 1.82) is 0 Å². The van der Waals surface area contributed by atoms with Crippen LogP contribution in [0.15, 0.2) is 12.2 Å². The number of esters is 2. The van der Waals surface area contributed by atoms with Gasteiger partial charge in [-0.2, -0.15) is 0 Å². The van der Waals surface area contributed by atoms with Crippen LogP contribution in [0.5, 0.6) is 0 Å². The number of carbonyl (C=O) groups excluding carboxylic acids is 4. The largest absolute Gasteiger partial charge is 0.460 e. The fourth-order valence-electron chi connectivity index (χ4n) is 12.0. The van der Waals surface area contributed by atoms with Crippen LogP contribution in [0.2, 0.25) is 0 Å². The van der Waals surface area contributed by atoms with E-state index in [4.69, 9.17) is 33.2 Å². The molecule has 7 bridgehead atoms. The minimum atomic E-state index is -1.07. The summed E-state index contributed by atoms with van der Waals surface area (Å²) in [6.45, 7) is 4.29. The quantitative estimate of drug-likeness (QED) is 0.335. The van der Waals surface area contributed by atoms with Crippen molar-refractivity contribution in [2.45, 2.75) is 101 Å². The Kier molecular flexibility index (Phi) is 5.27. The second-order valence-corrected chi connectivity index (χ2v) is 15.6. The van der Waals surface area contributed by atoms with Crippen molar-refractivity contribution >= 4 is 23.5 Å².